The van der Waals surface area contributed by atoms with Crippen molar-refractivity contribution in [3.63, 3.8) is 0 Å². The fraction of sp³-hybridized carbons (Fsp3) is 1.00. The molecule has 22 heavy (non-hydrogen) atoms. The molecular formula is C17H37NO3S. The summed E-state index contributed by atoms with van der Waals surface area (Å²) in [7, 11) is -3.67. The first-order valence-electron chi connectivity index (χ1n) is 9.05. The second kappa shape index (κ2) is 13.3. The molecule has 1 atom stereocenters. The second-order valence-electron chi connectivity index (χ2n) is 6.48. The van der Waals surface area contributed by atoms with E-state index in [4.69, 9.17) is 4.55 Å². The Balaban J connectivity index is 0.000000763. The van der Waals surface area contributed by atoms with E-state index in [-0.39, 0.29) is 0 Å². The predicted molar refractivity (Wildman–Crippen MR) is 95.0 cm³/mol. The quantitative estimate of drug-likeness (QED) is 0.471. The van der Waals surface area contributed by atoms with Crippen molar-refractivity contribution in [1.29, 1.82) is 0 Å². The van der Waals surface area contributed by atoms with Crippen molar-refractivity contribution in [1.82, 2.24) is 4.90 Å². The van der Waals surface area contributed by atoms with E-state index in [9.17, 15) is 8.42 Å². The zero-order valence-corrected chi connectivity index (χ0v) is 15.7. The summed E-state index contributed by atoms with van der Waals surface area (Å²) in [4.78, 5) is 2.76. The fourth-order valence-electron chi connectivity index (χ4n) is 3.12. The van der Waals surface area contributed by atoms with E-state index in [1.807, 2.05) is 0 Å². The number of rotatable bonds is 10. The van der Waals surface area contributed by atoms with Gasteiger partial charge in [0.15, 0.2) is 0 Å². The maximum Gasteiger partial charge on any atom is 0.261 e. The van der Waals surface area contributed by atoms with Crippen molar-refractivity contribution in [2.24, 2.45) is 0 Å². The number of likely N-dealkylation sites (tertiary alicyclic amines) is 1. The van der Waals surface area contributed by atoms with Gasteiger partial charge in [-0.1, -0.05) is 58.8 Å². The zero-order chi connectivity index (χ0) is 16.8. The summed E-state index contributed by atoms with van der Waals surface area (Å²) in [5.74, 6) is 0. The van der Waals surface area contributed by atoms with Gasteiger partial charge in [0.1, 0.15) is 0 Å². The molecule has 0 radical (unpaired) electrons. The number of hydrogen-bond donors (Lipinski definition) is 1. The zero-order valence-electron chi connectivity index (χ0n) is 14.9. The maximum atomic E-state index is 9.19. The normalized spacial score (nSPS) is 19.0. The fourth-order valence-corrected chi connectivity index (χ4v) is 3.12. The molecule has 134 valence electrons. The largest absolute Gasteiger partial charge is 0.300 e. The average Bonchev–Trinajstić information content (AvgIpc) is 2.84. The molecule has 0 amide bonds. The van der Waals surface area contributed by atoms with Crippen LogP contribution in [0.5, 0.6) is 0 Å². The van der Waals surface area contributed by atoms with Crippen molar-refractivity contribution in [2.75, 3.05) is 19.3 Å². The molecule has 1 unspecified atom stereocenters. The molecular weight excluding hydrogens is 298 g/mol. The van der Waals surface area contributed by atoms with Crippen molar-refractivity contribution in [2.45, 2.75) is 90.5 Å². The van der Waals surface area contributed by atoms with E-state index in [2.05, 4.69) is 18.7 Å². The van der Waals surface area contributed by atoms with Crippen LogP contribution in [-0.2, 0) is 10.1 Å². The summed E-state index contributed by atoms with van der Waals surface area (Å²) >= 11 is 0. The van der Waals surface area contributed by atoms with Crippen LogP contribution in [0.2, 0.25) is 0 Å². The number of hydrogen-bond acceptors (Lipinski definition) is 3. The third kappa shape index (κ3) is 14.8. The number of unbranched alkanes of at least 4 members (excludes halogenated alkanes) is 6. The van der Waals surface area contributed by atoms with Crippen molar-refractivity contribution in [3.8, 4) is 0 Å². The van der Waals surface area contributed by atoms with Crippen LogP contribution in [0.1, 0.15) is 84.5 Å². The molecule has 1 aliphatic rings. The third-order valence-corrected chi connectivity index (χ3v) is 4.17. The summed E-state index contributed by atoms with van der Waals surface area (Å²) in [5, 5.41) is 0. The predicted octanol–water partition coefficient (Wildman–Crippen LogP) is 4.51. The molecule has 1 fully saturated rings. The molecule has 0 aromatic carbocycles. The minimum Gasteiger partial charge on any atom is -0.300 e. The highest BCUT2D eigenvalue weighted by atomic mass is 32.2. The van der Waals surface area contributed by atoms with Gasteiger partial charge in [-0.2, -0.15) is 8.42 Å². The average molecular weight is 336 g/mol. The minimum atomic E-state index is -3.67. The molecule has 0 saturated carbocycles. The maximum absolute atomic E-state index is 9.19. The molecule has 0 aromatic heterocycles. The Morgan fingerprint density at radius 1 is 1.00 bits per heavy atom. The van der Waals surface area contributed by atoms with Crippen LogP contribution in [0.3, 0.4) is 0 Å². The lowest BCUT2D eigenvalue weighted by molar-refractivity contribution is 0.236. The Labute approximate surface area is 138 Å². The highest BCUT2D eigenvalue weighted by molar-refractivity contribution is 7.85. The molecule has 1 rings (SSSR count). The highest BCUT2D eigenvalue weighted by Gasteiger charge is 2.22. The van der Waals surface area contributed by atoms with Gasteiger partial charge < -0.3 is 4.90 Å². The summed E-state index contributed by atoms with van der Waals surface area (Å²) in [5.41, 5.74) is 0. The van der Waals surface area contributed by atoms with Gasteiger partial charge in [-0.15, -0.1) is 0 Å². The third-order valence-electron chi connectivity index (χ3n) is 4.17. The van der Waals surface area contributed by atoms with E-state index in [1.165, 1.54) is 83.7 Å². The molecule has 1 N–H and O–H groups in total. The van der Waals surface area contributed by atoms with E-state index in [0.29, 0.717) is 6.26 Å². The Kier molecular flexibility index (Phi) is 13.2. The summed E-state index contributed by atoms with van der Waals surface area (Å²) in [6.45, 7) is 7.37. The molecule has 0 aromatic rings. The monoisotopic (exact) mass is 335 g/mol. The minimum absolute atomic E-state index is 0.715. The summed E-state index contributed by atoms with van der Waals surface area (Å²) < 4.78 is 25.9. The van der Waals surface area contributed by atoms with E-state index in [0.717, 1.165) is 6.04 Å². The Bertz CT molecular complexity index is 336. The van der Waals surface area contributed by atoms with E-state index >= 15 is 0 Å². The van der Waals surface area contributed by atoms with Crippen molar-refractivity contribution >= 4 is 10.1 Å². The lowest BCUT2D eigenvalue weighted by atomic mass is 10.1. The summed E-state index contributed by atoms with van der Waals surface area (Å²) in [6, 6.07) is 0.931. The molecule has 0 spiro atoms. The first-order valence-corrected chi connectivity index (χ1v) is 10.9. The topological polar surface area (TPSA) is 57.6 Å². The molecule has 1 saturated heterocycles. The van der Waals surface area contributed by atoms with E-state index in [1.54, 1.807) is 0 Å². The Morgan fingerprint density at radius 2 is 1.55 bits per heavy atom. The Morgan fingerprint density at radius 3 is 2.09 bits per heavy atom. The lowest BCUT2D eigenvalue weighted by Gasteiger charge is -2.23. The smallest absolute Gasteiger partial charge is 0.261 e. The summed E-state index contributed by atoms with van der Waals surface area (Å²) in [6.07, 6.45) is 16.5. The van der Waals surface area contributed by atoms with E-state index < -0.39 is 10.1 Å². The SMILES string of the molecule is CCCCCCCCCN1CCCC1CCC.CS(=O)(=O)O. The molecule has 4 nitrogen and oxygen atoms in total. The Hall–Kier alpha value is -0.130. The lowest BCUT2D eigenvalue weighted by Crippen LogP contribution is -2.30. The van der Waals surface area contributed by atoms with Gasteiger partial charge in [0.2, 0.25) is 0 Å². The second-order valence-corrected chi connectivity index (χ2v) is 7.94. The van der Waals surface area contributed by atoms with Crippen LogP contribution in [-0.4, -0.2) is 43.3 Å². The number of nitrogens with zero attached hydrogens (tertiary/aromatic N) is 1. The highest BCUT2D eigenvalue weighted by Crippen LogP contribution is 2.21. The van der Waals surface area contributed by atoms with Gasteiger partial charge in [0.05, 0.1) is 6.26 Å². The standard InChI is InChI=1S/C16H33N.CH4O3S/c1-3-5-6-7-8-9-10-14-17-15-11-13-16(17)12-4-2;1-5(2,3)4/h16H,3-15H2,1-2H3;1H3,(H,2,3,4). The van der Waals surface area contributed by atoms with Crippen LogP contribution in [0.4, 0.5) is 0 Å². The van der Waals surface area contributed by atoms with Crippen molar-refractivity contribution < 1.29 is 13.0 Å². The first-order chi connectivity index (χ1) is 10.4. The van der Waals surface area contributed by atoms with Gasteiger partial charge in [0, 0.05) is 6.04 Å². The first kappa shape index (κ1) is 21.9. The molecule has 0 bridgehead atoms. The molecule has 0 aliphatic carbocycles. The van der Waals surface area contributed by atoms with Crippen LogP contribution in [0.25, 0.3) is 0 Å². The van der Waals surface area contributed by atoms with Gasteiger partial charge in [-0.25, -0.2) is 0 Å². The van der Waals surface area contributed by atoms with Gasteiger partial charge in [-0.3, -0.25) is 4.55 Å². The molecule has 1 heterocycles. The van der Waals surface area contributed by atoms with Crippen LogP contribution >= 0.6 is 0 Å². The molecule has 5 heteroatoms. The van der Waals surface area contributed by atoms with Crippen molar-refractivity contribution in [3.05, 3.63) is 0 Å². The molecule has 1 aliphatic heterocycles. The van der Waals surface area contributed by atoms with Gasteiger partial charge in [0.25, 0.3) is 10.1 Å². The van der Waals surface area contributed by atoms with Crippen LogP contribution in [0.15, 0.2) is 0 Å². The van der Waals surface area contributed by atoms with Gasteiger partial charge >= 0.3 is 0 Å². The van der Waals surface area contributed by atoms with Crippen LogP contribution < -0.4 is 0 Å². The van der Waals surface area contributed by atoms with Gasteiger partial charge in [-0.05, 0) is 38.8 Å². The van der Waals surface area contributed by atoms with Crippen LogP contribution in [0, 0.1) is 0 Å².